The van der Waals surface area contributed by atoms with E-state index < -0.39 is 95.1 Å². The van der Waals surface area contributed by atoms with E-state index in [-0.39, 0.29) is 17.7 Å². The molecule has 3 aromatic rings. The number of amides is 2. The third-order valence-electron chi connectivity index (χ3n) is 7.28. The van der Waals surface area contributed by atoms with E-state index in [0.717, 1.165) is 6.08 Å². The number of allylic oxidation sites excluding steroid dienone is 1. The molecule has 0 aliphatic rings. The van der Waals surface area contributed by atoms with Crippen molar-refractivity contribution in [2.24, 2.45) is 0 Å². The molecule has 3 rings (SSSR count). The van der Waals surface area contributed by atoms with Gasteiger partial charge in [0.25, 0.3) is 11.8 Å². The molecule has 2 aromatic heterocycles. The lowest BCUT2D eigenvalue weighted by molar-refractivity contribution is -0.295. The Morgan fingerprint density at radius 1 is 0.907 bits per heavy atom. The molecule has 11 nitrogen and oxygen atoms in total. The van der Waals surface area contributed by atoms with E-state index in [1.54, 1.807) is 25.1 Å². The van der Waals surface area contributed by atoms with Gasteiger partial charge in [-0.25, -0.2) is 14.6 Å². The number of imide groups is 1. The fourth-order valence-electron chi connectivity index (χ4n) is 4.79. The van der Waals surface area contributed by atoms with Crippen molar-refractivity contribution in [1.29, 1.82) is 0 Å². The maximum absolute atomic E-state index is 15.0. The summed E-state index contributed by atoms with van der Waals surface area (Å²) in [6.45, 7) is 16.7. The smallest absolute Gasteiger partial charge is 0.426 e. The van der Waals surface area contributed by atoms with Crippen molar-refractivity contribution in [1.82, 2.24) is 15.2 Å². The standard InChI is InChI=1S/C37H44F6N4O7/c1-10-13-19-24(12-3)51-28-25(36(38,39)40)21-26(47(31(48)53-33(4,5)6)32(49)54-34(7,8)9)27(44-28)29-45-46-30(52-29)35(20-11-2,37(41,42)43)50-22-23-17-15-14-16-18-23/h10-11,14-18,21,24H,1-2,12-13,19-20,22H2,3-9H3. The number of carbonyl (C=O) groups excluding carboxylic acids is 2. The van der Waals surface area contributed by atoms with Crippen LogP contribution in [0.3, 0.4) is 0 Å². The second kappa shape index (κ2) is 17.0. The SMILES string of the molecule is C=CCCC(CC)Oc1nc(-c2nnc(C(CC=C)(OCc3ccccc3)C(F)(F)F)o2)c(N(C(=O)OC(C)(C)C)C(=O)OC(C)(C)C)cc1C(F)(F)F. The molecule has 17 heteroatoms. The number of ether oxygens (including phenoxy) is 4. The highest BCUT2D eigenvalue weighted by Crippen LogP contribution is 2.47. The fraction of sp³-hybridized carbons (Fsp3) is 0.486. The molecule has 0 spiro atoms. The van der Waals surface area contributed by atoms with Crippen LogP contribution in [0.5, 0.6) is 5.88 Å². The first-order chi connectivity index (χ1) is 25.0. The monoisotopic (exact) mass is 770 g/mol. The van der Waals surface area contributed by atoms with E-state index in [2.05, 4.69) is 28.3 Å². The summed E-state index contributed by atoms with van der Waals surface area (Å²) in [5.41, 5.74) is -8.91. The number of nitrogens with zero attached hydrogens (tertiary/aromatic N) is 4. The number of benzene rings is 1. The van der Waals surface area contributed by atoms with Gasteiger partial charge in [0.05, 0.1) is 12.3 Å². The summed E-state index contributed by atoms with van der Waals surface area (Å²) >= 11 is 0. The fourth-order valence-corrected chi connectivity index (χ4v) is 4.79. The topological polar surface area (TPSA) is 126 Å². The number of aromatic nitrogens is 3. The third kappa shape index (κ3) is 11.1. The molecular formula is C37H44F6N4O7. The summed E-state index contributed by atoms with van der Waals surface area (Å²) < 4.78 is 117. The highest BCUT2D eigenvalue weighted by molar-refractivity contribution is 6.11. The molecule has 2 unspecified atom stereocenters. The van der Waals surface area contributed by atoms with Crippen molar-refractivity contribution in [3.8, 4) is 17.5 Å². The minimum atomic E-state index is -5.22. The minimum Gasteiger partial charge on any atom is -0.474 e. The number of anilines is 1. The number of halogens is 6. The summed E-state index contributed by atoms with van der Waals surface area (Å²) in [7, 11) is 0. The molecule has 2 heterocycles. The average Bonchev–Trinajstić information content (AvgIpc) is 3.53. The molecule has 0 saturated heterocycles. The van der Waals surface area contributed by atoms with Gasteiger partial charge in [0, 0.05) is 6.42 Å². The number of carbonyl (C=O) groups is 2. The summed E-state index contributed by atoms with van der Waals surface area (Å²) in [4.78, 5) is 31.5. The first kappa shape index (κ1) is 43.5. The molecule has 0 N–H and O–H groups in total. The van der Waals surface area contributed by atoms with Crippen LogP contribution < -0.4 is 9.64 Å². The van der Waals surface area contributed by atoms with Crippen LogP contribution in [0.15, 0.2) is 66.1 Å². The largest absolute Gasteiger partial charge is 0.474 e. The van der Waals surface area contributed by atoms with Crippen molar-refractivity contribution < 1.29 is 59.3 Å². The second-order valence-electron chi connectivity index (χ2n) is 14.0. The van der Waals surface area contributed by atoms with Gasteiger partial charge in [-0.3, -0.25) is 0 Å². The summed E-state index contributed by atoms with van der Waals surface area (Å²) in [5, 5.41) is 7.34. The predicted molar refractivity (Wildman–Crippen MR) is 185 cm³/mol. The van der Waals surface area contributed by atoms with Crippen molar-refractivity contribution in [3.05, 3.63) is 78.7 Å². The zero-order chi connectivity index (χ0) is 40.7. The number of pyridine rings is 1. The summed E-state index contributed by atoms with van der Waals surface area (Å²) in [6.07, 6.45) is -12.0. The molecule has 0 saturated carbocycles. The van der Waals surface area contributed by atoms with Crippen molar-refractivity contribution >= 4 is 17.9 Å². The molecule has 2 atom stereocenters. The number of alkyl halides is 6. The van der Waals surface area contributed by atoms with Crippen LogP contribution in [0.25, 0.3) is 11.6 Å². The summed E-state index contributed by atoms with van der Waals surface area (Å²) in [5.74, 6) is -3.15. The van der Waals surface area contributed by atoms with Gasteiger partial charge in [-0.15, -0.1) is 23.4 Å². The maximum Gasteiger partial charge on any atom is 0.426 e. The Balaban J connectivity index is 2.43. The zero-order valence-electron chi connectivity index (χ0n) is 31.1. The molecule has 0 radical (unpaired) electrons. The molecule has 0 fully saturated rings. The van der Waals surface area contributed by atoms with Gasteiger partial charge in [0.15, 0.2) is 5.69 Å². The first-order valence-electron chi connectivity index (χ1n) is 16.8. The van der Waals surface area contributed by atoms with Crippen LogP contribution in [-0.2, 0) is 32.6 Å². The van der Waals surface area contributed by atoms with E-state index in [9.17, 15) is 22.8 Å². The third-order valence-corrected chi connectivity index (χ3v) is 7.28. The number of hydrogen-bond donors (Lipinski definition) is 0. The van der Waals surface area contributed by atoms with E-state index in [1.807, 2.05) is 0 Å². The lowest BCUT2D eigenvalue weighted by Crippen LogP contribution is -2.45. The quantitative estimate of drug-likeness (QED) is 0.115. The lowest BCUT2D eigenvalue weighted by Gasteiger charge is -2.31. The molecule has 296 valence electrons. The van der Waals surface area contributed by atoms with E-state index in [4.69, 9.17) is 23.4 Å². The van der Waals surface area contributed by atoms with Crippen molar-refractivity contribution in [2.75, 3.05) is 4.90 Å². The lowest BCUT2D eigenvalue weighted by atomic mass is 9.98. The van der Waals surface area contributed by atoms with Crippen molar-refractivity contribution in [2.45, 2.75) is 116 Å². The average molecular weight is 771 g/mol. The highest BCUT2D eigenvalue weighted by atomic mass is 19.4. The highest BCUT2D eigenvalue weighted by Gasteiger charge is 2.61. The molecular weight excluding hydrogens is 726 g/mol. The van der Waals surface area contributed by atoms with Gasteiger partial charge in [0.1, 0.15) is 22.9 Å². The normalized spacial score (nSPS) is 14.1. The molecule has 0 aliphatic carbocycles. The van der Waals surface area contributed by atoms with Gasteiger partial charge in [-0.2, -0.15) is 31.2 Å². The van der Waals surface area contributed by atoms with Gasteiger partial charge in [-0.1, -0.05) is 49.4 Å². The molecule has 1 aromatic carbocycles. The Hall–Kier alpha value is -4.93. The van der Waals surface area contributed by atoms with Crippen LogP contribution in [0.1, 0.15) is 91.2 Å². The molecule has 54 heavy (non-hydrogen) atoms. The Bertz CT molecular complexity index is 1740. The van der Waals surface area contributed by atoms with Crippen molar-refractivity contribution in [3.63, 3.8) is 0 Å². The van der Waals surface area contributed by atoms with Crippen LogP contribution in [0.2, 0.25) is 0 Å². The summed E-state index contributed by atoms with van der Waals surface area (Å²) in [6, 6.07) is 8.23. The van der Waals surface area contributed by atoms with E-state index in [0.29, 0.717) is 18.1 Å². The molecule has 2 amide bonds. The van der Waals surface area contributed by atoms with Gasteiger partial charge in [0.2, 0.25) is 11.5 Å². The van der Waals surface area contributed by atoms with Gasteiger partial charge >= 0.3 is 24.5 Å². The zero-order valence-corrected chi connectivity index (χ0v) is 31.1. The first-order valence-corrected chi connectivity index (χ1v) is 16.8. The predicted octanol–water partition coefficient (Wildman–Crippen LogP) is 10.5. The van der Waals surface area contributed by atoms with Gasteiger partial charge in [-0.05, 0) is 72.4 Å². The molecule has 0 bridgehead atoms. The Morgan fingerprint density at radius 2 is 1.50 bits per heavy atom. The Labute approximate surface area is 309 Å². The van der Waals surface area contributed by atoms with Gasteiger partial charge < -0.3 is 23.4 Å². The van der Waals surface area contributed by atoms with Crippen LogP contribution in [-0.4, -0.2) is 50.9 Å². The maximum atomic E-state index is 15.0. The second-order valence-corrected chi connectivity index (χ2v) is 14.0. The Kier molecular flexibility index (Phi) is 13.7. The number of hydrogen-bond acceptors (Lipinski definition) is 10. The Morgan fingerprint density at radius 3 is 1.98 bits per heavy atom. The number of rotatable bonds is 14. The molecule has 0 aliphatic heterocycles. The van der Waals surface area contributed by atoms with E-state index >= 15 is 13.2 Å². The van der Waals surface area contributed by atoms with Crippen LogP contribution in [0.4, 0.5) is 41.6 Å². The van der Waals surface area contributed by atoms with Crippen LogP contribution >= 0.6 is 0 Å². The van der Waals surface area contributed by atoms with E-state index in [1.165, 1.54) is 59.8 Å². The van der Waals surface area contributed by atoms with Crippen LogP contribution in [0, 0.1) is 0 Å². The minimum absolute atomic E-state index is 0.114.